The van der Waals surface area contributed by atoms with E-state index in [0.29, 0.717) is 16.2 Å². The predicted molar refractivity (Wildman–Crippen MR) is 97.2 cm³/mol. The maximum absolute atomic E-state index is 12.3. The zero-order valence-electron chi connectivity index (χ0n) is 14.1. The molecule has 0 aromatic heterocycles. The monoisotopic (exact) mass is 320 g/mol. The van der Waals surface area contributed by atoms with Crippen molar-refractivity contribution in [2.75, 3.05) is 6.54 Å². The van der Waals surface area contributed by atoms with Gasteiger partial charge in [0, 0.05) is 6.20 Å². The number of halogens is 1. The molecular weight excluding hydrogens is 296 g/mol. The number of nitrogens with zero attached hydrogens (tertiary/aromatic N) is 1. The van der Waals surface area contributed by atoms with Crippen LogP contribution in [-0.4, -0.2) is 18.2 Å². The molecule has 0 spiro atoms. The molecule has 0 atom stereocenters. The Morgan fingerprint density at radius 1 is 1.18 bits per heavy atom. The largest absolute Gasteiger partial charge is 0.346 e. The molecule has 0 aliphatic carbocycles. The molecule has 0 unspecified atom stereocenters. The van der Waals surface area contributed by atoms with Crippen LogP contribution in [0.2, 0.25) is 0 Å². The Hall–Kier alpha value is -1.87. The Kier molecular flexibility index (Phi) is 9.11. The summed E-state index contributed by atoms with van der Waals surface area (Å²) in [5, 5.41) is 3.18. The number of nitrogens with one attached hydrogen (secondary N) is 1. The molecule has 1 amide bonds. The molecule has 0 radical (unpaired) electrons. The van der Waals surface area contributed by atoms with Crippen LogP contribution >= 0.6 is 11.6 Å². The fourth-order valence-corrected chi connectivity index (χ4v) is 1.88. The standard InChI is InChI=1S/C18H25ClN2O/c1-8-9-15(19)17(14(6)7)18(22)21-11-16(13(4)5)20-10-12(2)3/h8-10H,4,6,11H2,1-3,5,7H3,(H,21,22)/b9-8-,17-15-,20-16-. The first-order valence-electron chi connectivity index (χ1n) is 7.03. The fourth-order valence-electron chi connectivity index (χ4n) is 1.50. The van der Waals surface area contributed by atoms with Crippen molar-refractivity contribution in [3.05, 3.63) is 58.8 Å². The van der Waals surface area contributed by atoms with Crippen LogP contribution in [0.5, 0.6) is 0 Å². The SMILES string of the molecule is C=C(C)/C(C(=O)NC/C(=N/C=C(C)C)C(=C)C)=C(Cl)\C=C/C. The lowest BCUT2D eigenvalue weighted by atomic mass is 10.1. The molecule has 0 aromatic carbocycles. The van der Waals surface area contributed by atoms with E-state index in [1.54, 1.807) is 25.3 Å². The number of allylic oxidation sites excluding steroid dienone is 4. The van der Waals surface area contributed by atoms with Crippen molar-refractivity contribution in [1.82, 2.24) is 5.32 Å². The van der Waals surface area contributed by atoms with Gasteiger partial charge < -0.3 is 5.32 Å². The second-order valence-corrected chi connectivity index (χ2v) is 5.66. The van der Waals surface area contributed by atoms with Crippen LogP contribution in [0.15, 0.2) is 63.8 Å². The minimum Gasteiger partial charge on any atom is -0.346 e. The molecule has 0 rings (SSSR count). The van der Waals surface area contributed by atoms with Crippen LogP contribution in [0.1, 0.15) is 34.6 Å². The lowest BCUT2D eigenvalue weighted by Crippen LogP contribution is -2.31. The Morgan fingerprint density at radius 2 is 1.77 bits per heavy atom. The topological polar surface area (TPSA) is 41.5 Å². The van der Waals surface area contributed by atoms with Crippen molar-refractivity contribution < 1.29 is 4.79 Å². The molecule has 1 N–H and O–H groups in total. The van der Waals surface area contributed by atoms with Crippen LogP contribution in [0.4, 0.5) is 0 Å². The summed E-state index contributed by atoms with van der Waals surface area (Å²) < 4.78 is 0. The Bertz CT molecular complexity index is 574. The van der Waals surface area contributed by atoms with Gasteiger partial charge in [-0.1, -0.05) is 36.4 Å². The quantitative estimate of drug-likeness (QED) is 0.413. The van der Waals surface area contributed by atoms with Crippen molar-refractivity contribution in [3.63, 3.8) is 0 Å². The van der Waals surface area contributed by atoms with Crippen LogP contribution in [-0.2, 0) is 4.79 Å². The van der Waals surface area contributed by atoms with Gasteiger partial charge in [0.1, 0.15) is 0 Å². The molecule has 0 aliphatic rings. The average Bonchev–Trinajstić information content (AvgIpc) is 2.37. The van der Waals surface area contributed by atoms with Gasteiger partial charge >= 0.3 is 0 Å². The van der Waals surface area contributed by atoms with E-state index >= 15 is 0 Å². The van der Waals surface area contributed by atoms with Gasteiger partial charge in [-0.3, -0.25) is 9.79 Å². The minimum atomic E-state index is -0.276. The fraction of sp³-hybridized carbons (Fsp3) is 0.333. The Labute approximate surface area is 138 Å². The Morgan fingerprint density at radius 3 is 2.18 bits per heavy atom. The summed E-state index contributed by atoms with van der Waals surface area (Å²) in [5.41, 5.74) is 3.58. The van der Waals surface area contributed by atoms with Crippen molar-refractivity contribution in [3.8, 4) is 0 Å². The van der Waals surface area contributed by atoms with E-state index in [4.69, 9.17) is 11.6 Å². The highest BCUT2D eigenvalue weighted by Gasteiger charge is 2.14. The van der Waals surface area contributed by atoms with E-state index in [-0.39, 0.29) is 12.5 Å². The van der Waals surface area contributed by atoms with Gasteiger partial charge in [-0.05, 0) is 51.8 Å². The number of carbonyl (C=O) groups is 1. The van der Waals surface area contributed by atoms with Crippen LogP contribution in [0, 0.1) is 0 Å². The molecule has 0 fully saturated rings. The highest BCUT2D eigenvalue weighted by Crippen LogP contribution is 2.18. The van der Waals surface area contributed by atoms with Gasteiger partial charge in [-0.15, -0.1) is 0 Å². The lowest BCUT2D eigenvalue weighted by Gasteiger charge is -2.11. The minimum absolute atomic E-state index is 0.276. The van der Waals surface area contributed by atoms with E-state index < -0.39 is 0 Å². The van der Waals surface area contributed by atoms with Crippen LogP contribution in [0.3, 0.4) is 0 Å². The molecule has 22 heavy (non-hydrogen) atoms. The van der Waals surface area contributed by atoms with Crippen molar-refractivity contribution in [2.24, 2.45) is 4.99 Å². The lowest BCUT2D eigenvalue weighted by molar-refractivity contribution is -0.117. The van der Waals surface area contributed by atoms with E-state index in [9.17, 15) is 4.79 Å². The van der Waals surface area contributed by atoms with E-state index in [0.717, 1.165) is 16.9 Å². The van der Waals surface area contributed by atoms with Gasteiger partial charge in [0.25, 0.3) is 5.91 Å². The number of hydrogen-bond donors (Lipinski definition) is 1. The molecule has 0 aromatic rings. The summed E-state index contributed by atoms with van der Waals surface area (Å²) in [4.78, 5) is 16.7. The number of rotatable bonds is 7. The average molecular weight is 321 g/mol. The van der Waals surface area contributed by atoms with E-state index in [1.165, 1.54) is 0 Å². The van der Waals surface area contributed by atoms with E-state index in [2.05, 4.69) is 23.5 Å². The smallest absolute Gasteiger partial charge is 0.253 e. The summed E-state index contributed by atoms with van der Waals surface area (Å²) in [6.07, 6.45) is 5.19. The summed E-state index contributed by atoms with van der Waals surface area (Å²) in [6, 6.07) is 0. The maximum Gasteiger partial charge on any atom is 0.253 e. The maximum atomic E-state index is 12.3. The molecule has 0 aliphatic heterocycles. The second-order valence-electron chi connectivity index (χ2n) is 5.25. The van der Waals surface area contributed by atoms with E-state index in [1.807, 2.05) is 27.7 Å². The molecule has 3 nitrogen and oxygen atoms in total. The zero-order chi connectivity index (χ0) is 17.3. The first kappa shape index (κ1) is 20.1. The first-order valence-corrected chi connectivity index (χ1v) is 7.41. The number of aliphatic imine (C=N–C) groups is 1. The molecule has 120 valence electrons. The molecule has 0 heterocycles. The third kappa shape index (κ3) is 7.23. The van der Waals surface area contributed by atoms with Crippen molar-refractivity contribution in [2.45, 2.75) is 34.6 Å². The molecule has 0 saturated heterocycles. The normalized spacial score (nSPS) is 12.7. The van der Waals surface area contributed by atoms with Crippen LogP contribution < -0.4 is 5.32 Å². The van der Waals surface area contributed by atoms with Gasteiger partial charge in [0.05, 0.1) is 22.9 Å². The third-order valence-electron chi connectivity index (χ3n) is 2.59. The van der Waals surface area contributed by atoms with Crippen molar-refractivity contribution in [1.29, 1.82) is 0 Å². The van der Waals surface area contributed by atoms with Crippen LogP contribution in [0.25, 0.3) is 0 Å². The van der Waals surface area contributed by atoms with Gasteiger partial charge in [-0.25, -0.2) is 0 Å². The molecule has 0 saturated carbocycles. The highest BCUT2D eigenvalue weighted by molar-refractivity contribution is 6.34. The molecule has 4 heteroatoms. The third-order valence-corrected chi connectivity index (χ3v) is 2.91. The number of amides is 1. The number of hydrogen-bond acceptors (Lipinski definition) is 2. The summed E-state index contributed by atoms with van der Waals surface area (Å²) in [7, 11) is 0. The summed E-state index contributed by atoms with van der Waals surface area (Å²) in [6.45, 7) is 17.3. The summed E-state index contributed by atoms with van der Waals surface area (Å²) >= 11 is 6.13. The predicted octanol–water partition coefficient (Wildman–Crippen LogP) is 4.69. The van der Waals surface area contributed by atoms with Gasteiger partial charge in [-0.2, -0.15) is 0 Å². The van der Waals surface area contributed by atoms with Gasteiger partial charge in [0.15, 0.2) is 0 Å². The Balaban J connectivity index is 5.22. The first-order chi connectivity index (χ1) is 10.2. The molecular formula is C18H25ClN2O. The van der Waals surface area contributed by atoms with Gasteiger partial charge in [0.2, 0.25) is 0 Å². The summed E-state index contributed by atoms with van der Waals surface area (Å²) in [5.74, 6) is -0.276. The highest BCUT2D eigenvalue weighted by atomic mass is 35.5. The second kappa shape index (κ2) is 9.96. The zero-order valence-corrected chi connectivity index (χ0v) is 14.8. The van der Waals surface area contributed by atoms with Crippen molar-refractivity contribution >= 4 is 23.2 Å². The number of carbonyl (C=O) groups excluding carboxylic acids is 1. The molecule has 0 bridgehead atoms.